The van der Waals surface area contributed by atoms with Crippen LogP contribution in [-0.4, -0.2) is 41.0 Å². The van der Waals surface area contributed by atoms with E-state index in [1.807, 2.05) is 18.2 Å². The Morgan fingerprint density at radius 3 is 2.46 bits per heavy atom. The van der Waals surface area contributed by atoms with Crippen LogP contribution < -0.4 is 15.4 Å². The van der Waals surface area contributed by atoms with E-state index in [-0.39, 0.29) is 10.8 Å². The first-order chi connectivity index (χ1) is 12.5. The number of amides is 1. The summed E-state index contributed by atoms with van der Waals surface area (Å²) in [5.41, 5.74) is 0.622. The van der Waals surface area contributed by atoms with Gasteiger partial charge in [0.1, 0.15) is 0 Å². The summed E-state index contributed by atoms with van der Waals surface area (Å²) in [5.74, 6) is 0.412. The Balaban J connectivity index is 1.72. The lowest BCUT2D eigenvalue weighted by molar-refractivity contribution is 0.0939. The van der Waals surface area contributed by atoms with Gasteiger partial charge in [-0.2, -0.15) is 0 Å². The van der Waals surface area contributed by atoms with Crippen molar-refractivity contribution >= 4 is 27.7 Å². The molecule has 6 nitrogen and oxygen atoms in total. The molecule has 0 radical (unpaired) electrons. The van der Waals surface area contributed by atoms with Crippen molar-refractivity contribution in [2.24, 2.45) is 5.92 Å². The zero-order valence-corrected chi connectivity index (χ0v) is 16.0. The summed E-state index contributed by atoms with van der Waals surface area (Å²) in [6, 6.07) is 14.0. The molecule has 1 heterocycles. The van der Waals surface area contributed by atoms with Crippen LogP contribution >= 0.6 is 11.8 Å². The number of rotatable bonds is 7. The number of hydrogen-bond acceptors (Lipinski definition) is 5. The molecule has 26 heavy (non-hydrogen) atoms. The van der Waals surface area contributed by atoms with Gasteiger partial charge in [-0.1, -0.05) is 23.9 Å². The molecule has 0 bridgehead atoms. The highest BCUT2D eigenvalue weighted by Crippen LogP contribution is 2.31. The maximum atomic E-state index is 12.5. The highest BCUT2D eigenvalue weighted by atomic mass is 32.2. The molecule has 1 fully saturated rings. The molecular formula is C18H21N3O3S2. The topological polar surface area (TPSA) is 87.3 Å². The molecule has 138 valence electrons. The first kappa shape index (κ1) is 18.9. The Bertz CT molecular complexity index is 879. The van der Waals surface area contributed by atoms with Crippen molar-refractivity contribution in [2.45, 2.75) is 14.7 Å². The summed E-state index contributed by atoms with van der Waals surface area (Å²) in [5, 5.41) is 6.17. The van der Waals surface area contributed by atoms with Crippen LogP contribution in [-0.2, 0) is 10.0 Å². The lowest BCUT2D eigenvalue weighted by Crippen LogP contribution is -2.48. The summed E-state index contributed by atoms with van der Waals surface area (Å²) in [6.45, 7) is 2.55. The van der Waals surface area contributed by atoms with E-state index in [1.165, 1.54) is 18.8 Å². The Hall–Kier alpha value is -1.87. The van der Waals surface area contributed by atoms with Crippen LogP contribution in [0.5, 0.6) is 0 Å². The SMILES string of the molecule is CNS(=O)(=O)c1ccc(Sc2ccccc2C(=O)NCC2CNC2)cc1. The van der Waals surface area contributed by atoms with Crippen LogP contribution in [0, 0.1) is 5.92 Å². The molecule has 0 unspecified atom stereocenters. The van der Waals surface area contributed by atoms with Crippen LogP contribution in [0.2, 0.25) is 0 Å². The number of sulfonamides is 1. The third-order valence-corrected chi connectivity index (χ3v) is 6.69. The number of carbonyl (C=O) groups is 1. The quantitative estimate of drug-likeness (QED) is 0.669. The second-order valence-corrected chi connectivity index (χ2v) is 9.01. The first-order valence-electron chi connectivity index (χ1n) is 8.29. The minimum atomic E-state index is -3.45. The molecule has 0 aliphatic carbocycles. The zero-order chi connectivity index (χ0) is 18.6. The minimum Gasteiger partial charge on any atom is -0.352 e. The van der Waals surface area contributed by atoms with Crippen LogP contribution in [0.1, 0.15) is 10.4 Å². The fourth-order valence-corrected chi connectivity index (χ4v) is 4.17. The van der Waals surface area contributed by atoms with Gasteiger partial charge >= 0.3 is 0 Å². The highest BCUT2D eigenvalue weighted by molar-refractivity contribution is 7.99. The molecule has 1 aliphatic rings. The van der Waals surface area contributed by atoms with Crippen LogP contribution in [0.15, 0.2) is 63.2 Å². The maximum absolute atomic E-state index is 12.5. The van der Waals surface area contributed by atoms with Crippen molar-refractivity contribution in [3.63, 3.8) is 0 Å². The Morgan fingerprint density at radius 1 is 1.15 bits per heavy atom. The number of benzene rings is 2. The largest absolute Gasteiger partial charge is 0.352 e. The van der Waals surface area contributed by atoms with Crippen molar-refractivity contribution in [2.75, 3.05) is 26.7 Å². The zero-order valence-electron chi connectivity index (χ0n) is 14.4. The standard InChI is InChI=1S/C18H21N3O3S2/c1-19-26(23,24)15-8-6-14(7-9-15)25-17-5-3-2-4-16(17)18(22)21-12-13-10-20-11-13/h2-9,13,19-20H,10-12H2,1H3,(H,21,22). The average molecular weight is 392 g/mol. The van der Waals surface area contributed by atoms with Gasteiger partial charge in [-0.25, -0.2) is 13.1 Å². The lowest BCUT2D eigenvalue weighted by Gasteiger charge is -2.27. The van der Waals surface area contributed by atoms with E-state index in [0.29, 0.717) is 18.0 Å². The molecule has 3 N–H and O–H groups in total. The normalized spacial score (nSPS) is 14.7. The van der Waals surface area contributed by atoms with E-state index in [1.54, 1.807) is 30.3 Å². The van der Waals surface area contributed by atoms with Gasteiger partial charge in [-0.3, -0.25) is 4.79 Å². The maximum Gasteiger partial charge on any atom is 0.252 e. The van der Waals surface area contributed by atoms with Gasteiger partial charge in [0.05, 0.1) is 10.5 Å². The van der Waals surface area contributed by atoms with Crippen LogP contribution in [0.25, 0.3) is 0 Å². The van der Waals surface area contributed by atoms with Crippen molar-refractivity contribution < 1.29 is 13.2 Å². The highest BCUT2D eigenvalue weighted by Gasteiger charge is 2.19. The van der Waals surface area contributed by atoms with Crippen molar-refractivity contribution in [3.8, 4) is 0 Å². The molecule has 1 saturated heterocycles. The van der Waals surface area contributed by atoms with Gasteiger partial charge < -0.3 is 10.6 Å². The predicted octanol–water partition coefficient (Wildman–Crippen LogP) is 1.70. The van der Waals surface area contributed by atoms with Gasteiger partial charge in [-0.15, -0.1) is 0 Å². The van der Waals surface area contributed by atoms with Gasteiger partial charge in [0.25, 0.3) is 5.91 Å². The van der Waals surface area contributed by atoms with Gasteiger partial charge in [0, 0.05) is 35.3 Å². The molecule has 1 aliphatic heterocycles. The fourth-order valence-electron chi connectivity index (χ4n) is 2.50. The molecule has 0 saturated carbocycles. The second-order valence-electron chi connectivity index (χ2n) is 6.01. The Kier molecular flexibility index (Phi) is 5.98. The third-order valence-electron chi connectivity index (χ3n) is 4.18. The molecule has 3 rings (SSSR count). The van der Waals surface area contributed by atoms with Gasteiger partial charge in [0.15, 0.2) is 0 Å². The molecule has 0 spiro atoms. The van der Waals surface area contributed by atoms with Crippen LogP contribution in [0.3, 0.4) is 0 Å². The molecule has 0 aromatic heterocycles. The fraction of sp³-hybridized carbons (Fsp3) is 0.278. The van der Waals surface area contributed by atoms with Crippen LogP contribution in [0.4, 0.5) is 0 Å². The summed E-state index contributed by atoms with van der Waals surface area (Å²) in [6.07, 6.45) is 0. The monoisotopic (exact) mass is 391 g/mol. The van der Waals surface area contributed by atoms with Gasteiger partial charge in [-0.05, 0) is 43.4 Å². The smallest absolute Gasteiger partial charge is 0.252 e. The first-order valence-corrected chi connectivity index (χ1v) is 10.6. The van der Waals surface area contributed by atoms with Crippen molar-refractivity contribution in [1.29, 1.82) is 0 Å². The van der Waals surface area contributed by atoms with E-state index in [2.05, 4.69) is 15.4 Å². The summed E-state index contributed by atoms with van der Waals surface area (Å²) >= 11 is 1.44. The molecule has 8 heteroatoms. The van der Waals surface area contributed by atoms with E-state index < -0.39 is 10.0 Å². The number of hydrogen-bond donors (Lipinski definition) is 3. The third kappa shape index (κ3) is 4.45. The summed E-state index contributed by atoms with van der Waals surface area (Å²) in [4.78, 5) is 14.4. The molecular weight excluding hydrogens is 370 g/mol. The number of nitrogens with one attached hydrogen (secondary N) is 3. The Morgan fingerprint density at radius 2 is 1.85 bits per heavy atom. The lowest BCUT2D eigenvalue weighted by atomic mass is 10.0. The minimum absolute atomic E-state index is 0.0885. The van der Waals surface area contributed by atoms with E-state index >= 15 is 0 Å². The molecule has 2 aromatic rings. The summed E-state index contributed by atoms with van der Waals surface area (Å²) in [7, 11) is -2.07. The van der Waals surface area contributed by atoms with E-state index in [9.17, 15) is 13.2 Å². The summed E-state index contributed by atoms with van der Waals surface area (Å²) < 4.78 is 25.9. The van der Waals surface area contributed by atoms with Gasteiger partial charge in [0.2, 0.25) is 10.0 Å². The van der Waals surface area contributed by atoms with Crippen molar-refractivity contribution in [1.82, 2.24) is 15.4 Å². The van der Waals surface area contributed by atoms with E-state index in [0.717, 1.165) is 22.9 Å². The second kappa shape index (κ2) is 8.22. The van der Waals surface area contributed by atoms with E-state index in [4.69, 9.17) is 0 Å². The predicted molar refractivity (Wildman–Crippen MR) is 102 cm³/mol. The molecule has 1 amide bonds. The average Bonchev–Trinajstić information content (AvgIpc) is 2.61. The number of carbonyl (C=O) groups excluding carboxylic acids is 1. The van der Waals surface area contributed by atoms with Crippen molar-refractivity contribution in [3.05, 3.63) is 54.1 Å². The molecule has 0 atom stereocenters. The Labute approximate surface area is 157 Å². The molecule has 2 aromatic carbocycles.